The van der Waals surface area contributed by atoms with Crippen molar-refractivity contribution in [2.75, 3.05) is 16.8 Å². The molecule has 3 heterocycles. The number of amides is 2. The van der Waals surface area contributed by atoms with Crippen LogP contribution in [0.2, 0.25) is 0 Å². The molecular weight excluding hydrogens is 418 g/mol. The van der Waals surface area contributed by atoms with Crippen LogP contribution in [-0.4, -0.2) is 33.5 Å². The van der Waals surface area contributed by atoms with Gasteiger partial charge in [0.1, 0.15) is 5.01 Å². The van der Waals surface area contributed by atoms with E-state index in [9.17, 15) is 9.59 Å². The van der Waals surface area contributed by atoms with Gasteiger partial charge in [-0.05, 0) is 62.7 Å². The summed E-state index contributed by atoms with van der Waals surface area (Å²) in [5.41, 5.74) is 0.902. The van der Waals surface area contributed by atoms with Crippen LogP contribution in [0.5, 0.6) is 0 Å². The minimum Gasteiger partial charge on any atom is -0.300 e. The molecule has 1 aliphatic heterocycles. The lowest BCUT2D eigenvalue weighted by atomic mass is 9.50. The van der Waals surface area contributed by atoms with E-state index in [1.807, 2.05) is 5.38 Å². The Hall–Kier alpha value is -1.87. The molecule has 7 rings (SSSR count). The molecule has 4 bridgehead atoms. The zero-order chi connectivity index (χ0) is 20.3. The van der Waals surface area contributed by atoms with Gasteiger partial charge in [0.15, 0.2) is 5.13 Å². The van der Waals surface area contributed by atoms with Crippen molar-refractivity contribution in [2.45, 2.75) is 63.2 Å². The third-order valence-corrected chi connectivity index (χ3v) is 9.35. The molecule has 30 heavy (non-hydrogen) atoms. The summed E-state index contributed by atoms with van der Waals surface area (Å²) in [4.78, 5) is 30.6. The van der Waals surface area contributed by atoms with E-state index in [1.54, 1.807) is 16.2 Å². The van der Waals surface area contributed by atoms with Crippen LogP contribution in [0.25, 0.3) is 0 Å². The van der Waals surface area contributed by atoms with Crippen LogP contribution in [0.1, 0.15) is 62.1 Å². The average molecular weight is 444 g/mol. The fourth-order valence-electron chi connectivity index (χ4n) is 6.54. The number of anilines is 2. The molecule has 0 spiro atoms. The summed E-state index contributed by atoms with van der Waals surface area (Å²) in [6.45, 7) is 0.718. The van der Waals surface area contributed by atoms with Crippen molar-refractivity contribution in [3.05, 3.63) is 16.1 Å². The first-order valence-electron chi connectivity index (χ1n) is 10.9. The van der Waals surface area contributed by atoms with Gasteiger partial charge >= 0.3 is 0 Å². The molecule has 0 unspecified atom stereocenters. The molecule has 2 aromatic heterocycles. The van der Waals surface area contributed by atoms with Gasteiger partial charge in [0, 0.05) is 23.8 Å². The lowest BCUT2D eigenvalue weighted by molar-refractivity contribution is -0.117. The number of rotatable bonds is 5. The second-order valence-corrected chi connectivity index (χ2v) is 11.4. The number of aromatic nitrogens is 3. The third-order valence-electron chi connectivity index (χ3n) is 7.35. The Labute approximate surface area is 183 Å². The van der Waals surface area contributed by atoms with Crippen LogP contribution < -0.4 is 10.2 Å². The van der Waals surface area contributed by atoms with E-state index >= 15 is 0 Å². The van der Waals surface area contributed by atoms with Gasteiger partial charge < -0.3 is 5.32 Å². The van der Waals surface area contributed by atoms with Crippen LogP contribution in [0, 0.1) is 17.8 Å². The topological polar surface area (TPSA) is 88.1 Å². The van der Waals surface area contributed by atoms with E-state index < -0.39 is 0 Å². The molecule has 0 atom stereocenters. The zero-order valence-electron chi connectivity index (χ0n) is 16.8. The van der Waals surface area contributed by atoms with Gasteiger partial charge in [-0.15, -0.1) is 21.5 Å². The van der Waals surface area contributed by atoms with Crippen molar-refractivity contribution >= 4 is 44.8 Å². The lowest BCUT2D eigenvalue weighted by Gasteiger charge is -2.55. The van der Waals surface area contributed by atoms with Gasteiger partial charge in [0.25, 0.3) is 0 Å². The van der Waals surface area contributed by atoms with Gasteiger partial charge in [-0.1, -0.05) is 11.3 Å². The highest BCUT2D eigenvalue weighted by molar-refractivity contribution is 7.15. The number of nitrogens with one attached hydrogen (secondary N) is 1. The second kappa shape index (κ2) is 7.09. The summed E-state index contributed by atoms with van der Waals surface area (Å²) in [6, 6.07) is 0. The fraction of sp³-hybridized carbons (Fsp3) is 0.667. The summed E-state index contributed by atoms with van der Waals surface area (Å²) in [5, 5.41) is 16.0. The highest BCUT2D eigenvalue weighted by atomic mass is 32.1. The molecule has 5 fully saturated rings. The smallest absolute Gasteiger partial charge is 0.232 e. The highest BCUT2D eigenvalue weighted by Gasteiger charge is 2.53. The third kappa shape index (κ3) is 3.26. The second-order valence-electron chi connectivity index (χ2n) is 9.61. The average Bonchev–Trinajstić information content (AvgIpc) is 3.42. The number of hydrogen-bond donors (Lipinski definition) is 1. The van der Waals surface area contributed by atoms with Crippen LogP contribution in [0.4, 0.5) is 10.3 Å². The Bertz CT molecular complexity index is 964. The molecule has 0 radical (unpaired) electrons. The molecule has 7 nitrogen and oxygen atoms in total. The summed E-state index contributed by atoms with van der Waals surface area (Å²) in [6.07, 6.45) is 9.59. The predicted molar refractivity (Wildman–Crippen MR) is 116 cm³/mol. The molecule has 9 heteroatoms. The molecule has 5 aliphatic rings. The standard InChI is InChI=1S/C21H25N5O2S2/c27-16(7-15-11-29-20(22-15)26-3-1-2-17(26)28)23-19-25-24-18(30-19)21-8-12-4-13(9-21)6-14(5-12)10-21/h11-14H,1-10H2,(H,23,25,27). The Morgan fingerprint density at radius 2 is 1.90 bits per heavy atom. The fourth-order valence-corrected chi connectivity index (χ4v) is 8.39. The van der Waals surface area contributed by atoms with Crippen LogP contribution in [-0.2, 0) is 21.4 Å². The van der Waals surface area contributed by atoms with Crippen molar-refractivity contribution in [1.82, 2.24) is 15.2 Å². The molecular formula is C21H25N5O2S2. The Kier molecular flexibility index (Phi) is 4.46. The number of hydrogen-bond acceptors (Lipinski definition) is 7. The first kappa shape index (κ1) is 18.9. The largest absolute Gasteiger partial charge is 0.300 e. The van der Waals surface area contributed by atoms with E-state index in [2.05, 4.69) is 20.5 Å². The maximum absolute atomic E-state index is 12.5. The van der Waals surface area contributed by atoms with E-state index in [1.165, 1.54) is 49.9 Å². The van der Waals surface area contributed by atoms with Crippen molar-refractivity contribution in [1.29, 1.82) is 0 Å². The normalized spacial score (nSPS) is 32.2. The van der Waals surface area contributed by atoms with Gasteiger partial charge in [-0.2, -0.15) is 0 Å². The Morgan fingerprint density at radius 3 is 2.57 bits per heavy atom. The molecule has 2 amide bonds. The van der Waals surface area contributed by atoms with E-state index in [0.717, 1.165) is 35.7 Å². The highest BCUT2D eigenvalue weighted by Crippen LogP contribution is 2.61. The predicted octanol–water partition coefficient (Wildman–Crippen LogP) is 3.77. The number of carbonyl (C=O) groups excluding carboxylic acids is 2. The Balaban J connectivity index is 1.11. The quantitative estimate of drug-likeness (QED) is 0.760. The minimum absolute atomic E-state index is 0.117. The van der Waals surface area contributed by atoms with Gasteiger partial charge in [-0.3, -0.25) is 14.5 Å². The SMILES string of the molecule is O=C(Cc1csc(N2CCCC2=O)n1)Nc1nnc(C23CC4CC(CC(C4)C2)C3)s1. The molecule has 4 aliphatic carbocycles. The Morgan fingerprint density at radius 1 is 1.17 bits per heavy atom. The summed E-state index contributed by atoms with van der Waals surface area (Å²) >= 11 is 2.98. The summed E-state index contributed by atoms with van der Waals surface area (Å²) < 4.78 is 0. The molecule has 1 saturated heterocycles. The van der Waals surface area contributed by atoms with Crippen molar-refractivity contribution in [3.63, 3.8) is 0 Å². The first-order chi connectivity index (χ1) is 14.6. The van der Waals surface area contributed by atoms with Gasteiger partial charge in [0.2, 0.25) is 16.9 Å². The van der Waals surface area contributed by atoms with Crippen molar-refractivity contribution < 1.29 is 9.59 Å². The zero-order valence-corrected chi connectivity index (χ0v) is 18.4. The number of thiazole rings is 1. The van der Waals surface area contributed by atoms with Gasteiger partial charge in [-0.25, -0.2) is 4.98 Å². The maximum Gasteiger partial charge on any atom is 0.232 e. The monoisotopic (exact) mass is 443 g/mol. The molecule has 2 aromatic rings. The number of nitrogens with zero attached hydrogens (tertiary/aromatic N) is 4. The van der Waals surface area contributed by atoms with E-state index in [0.29, 0.717) is 22.4 Å². The summed E-state index contributed by atoms with van der Waals surface area (Å²) in [5.74, 6) is 2.57. The number of carbonyl (C=O) groups is 2. The van der Waals surface area contributed by atoms with Gasteiger partial charge in [0.05, 0.1) is 12.1 Å². The van der Waals surface area contributed by atoms with Crippen LogP contribution in [0.15, 0.2) is 5.38 Å². The van der Waals surface area contributed by atoms with Crippen LogP contribution >= 0.6 is 22.7 Å². The molecule has 158 valence electrons. The minimum atomic E-state index is -0.132. The molecule has 4 saturated carbocycles. The van der Waals surface area contributed by atoms with Crippen molar-refractivity contribution in [3.8, 4) is 0 Å². The van der Waals surface area contributed by atoms with E-state index in [-0.39, 0.29) is 23.7 Å². The summed E-state index contributed by atoms with van der Waals surface area (Å²) in [7, 11) is 0. The first-order valence-corrected chi connectivity index (χ1v) is 12.6. The lowest BCUT2D eigenvalue weighted by Crippen LogP contribution is -2.48. The van der Waals surface area contributed by atoms with Crippen molar-refractivity contribution in [2.24, 2.45) is 17.8 Å². The van der Waals surface area contributed by atoms with Crippen LogP contribution in [0.3, 0.4) is 0 Å². The maximum atomic E-state index is 12.5. The molecule has 1 N–H and O–H groups in total. The van der Waals surface area contributed by atoms with E-state index in [4.69, 9.17) is 0 Å². The molecule has 0 aromatic carbocycles.